The third kappa shape index (κ3) is 8.46. The summed E-state index contributed by atoms with van der Waals surface area (Å²) in [4.78, 5) is 16.7. The number of carbonyl (C=O) groups is 1. The van der Waals surface area contributed by atoms with Crippen molar-refractivity contribution >= 4 is 5.97 Å². The molecular formula is C30H41NO2. The van der Waals surface area contributed by atoms with Crippen LogP contribution in [0.1, 0.15) is 102 Å². The minimum atomic E-state index is -0.178. The van der Waals surface area contributed by atoms with Crippen LogP contribution in [0.15, 0.2) is 54.7 Å². The lowest BCUT2D eigenvalue weighted by Crippen LogP contribution is -2.23. The summed E-state index contributed by atoms with van der Waals surface area (Å²) in [6.07, 6.45) is 19.1. The van der Waals surface area contributed by atoms with Crippen LogP contribution < -0.4 is 0 Å². The Balaban J connectivity index is 1.44. The minimum Gasteiger partial charge on any atom is -0.459 e. The first-order chi connectivity index (χ1) is 16.2. The number of esters is 1. The average Bonchev–Trinajstić information content (AvgIpc) is 2.85. The van der Waals surface area contributed by atoms with E-state index in [2.05, 4.69) is 55.2 Å². The van der Waals surface area contributed by atoms with Crippen LogP contribution in [0.25, 0.3) is 11.3 Å². The molecule has 0 saturated heterocycles. The third-order valence-corrected chi connectivity index (χ3v) is 6.76. The molecule has 1 fully saturated rings. The maximum atomic E-state index is 12.0. The standard InChI is InChI=1S/C30H41NO2/c1-3-5-7-8-10-12-30(32)33-28-20-18-26(19-21-28)25-14-16-27(17-15-25)29-22-13-24(23-31-29)11-9-6-4-2/h10,12-17,22-23,26,28H,3-9,11,18-21H2,1-2H3/b12-10+. The van der Waals surface area contributed by atoms with Gasteiger partial charge >= 0.3 is 5.97 Å². The number of benzene rings is 1. The lowest BCUT2D eigenvalue weighted by Gasteiger charge is -2.28. The number of hydrogen-bond acceptors (Lipinski definition) is 3. The van der Waals surface area contributed by atoms with E-state index < -0.39 is 0 Å². The van der Waals surface area contributed by atoms with Crippen LogP contribution in [-0.2, 0) is 16.0 Å². The molecule has 1 aromatic heterocycles. The van der Waals surface area contributed by atoms with Gasteiger partial charge in [-0.2, -0.15) is 0 Å². The number of rotatable bonds is 12. The summed E-state index contributed by atoms with van der Waals surface area (Å²) in [6, 6.07) is 13.3. The highest BCUT2D eigenvalue weighted by molar-refractivity contribution is 5.82. The van der Waals surface area contributed by atoms with Gasteiger partial charge in [0.05, 0.1) is 5.69 Å². The smallest absolute Gasteiger partial charge is 0.330 e. The number of pyridine rings is 1. The second-order valence-electron chi connectivity index (χ2n) is 9.44. The molecule has 0 spiro atoms. The third-order valence-electron chi connectivity index (χ3n) is 6.76. The molecule has 0 aliphatic heterocycles. The molecule has 0 unspecified atom stereocenters. The zero-order valence-corrected chi connectivity index (χ0v) is 20.6. The van der Waals surface area contributed by atoms with Gasteiger partial charge in [0, 0.05) is 17.8 Å². The molecule has 1 aromatic carbocycles. The molecule has 1 saturated carbocycles. The monoisotopic (exact) mass is 447 g/mol. The van der Waals surface area contributed by atoms with Crippen molar-refractivity contribution in [3.63, 3.8) is 0 Å². The molecule has 3 nitrogen and oxygen atoms in total. The molecule has 3 heteroatoms. The van der Waals surface area contributed by atoms with Crippen LogP contribution in [0.3, 0.4) is 0 Å². The van der Waals surface area contributed by atoms with Crippen molar-refractivity contribution in [1.82, 2.24) is 4.98 Å². The molecule has 0 amide bonds. The van der Waals surface area contributed by atoms with Crippen LogP contribution in [0.5, 0.6) is 0 Å². The summed E-state index contributed by atoms with van der Waals surface area (Å²) in [7, 11) is 0. The second kappa shape index (κ2) is 14.0. The zero-order chi connectivity index (χ0) is 23.3. The Labute approximate surface area is 200 Å². The van der Waals surface area contributed by atoms with Crippen LogP contribution in [0.2, 0.25) is 0 Å². The van der Waals surface area contributed by atoms with Crippen molar-refractivity contribution in [2.75, 3.05) is 0 Å². The molecule has 1 aliphatic carbocycles. The molecule has 0 atom stereocenters. The molecule has 0 N–H and O–H groups in total. The second-order valence-corrected chi connectivity index (χ2v) is 9.44. The predicted molar refractivity (Wildman–Crippen MR) is 137 cm³/mol. The fourth-order valence-electron chi connectivity index (χ4n) is 4.66. The Hall–Kier alpha value is -2.42. The van der Waals surface area contributed by atoms with Crippen molar-refractivity contribution in [2.24, 2.45) is 0 Å². The van der Waals surface area contributed by atoms with Gasteiger partial charge in [0.15, 0.2) is 0 Å². The first-order valence-electron chi connectivity index (χ1n) is 13.1. The normalized spacial score (nSPS) is 18.5. The van der Waals surface area contributed by atoms with Crippen molar-refractivity contribution in [2.45, 2.75) is 103 Å². The highest BCUT2D eigenvalue weighted by atomic mass is 16.5. The molecule has 178 valence electrons. The molecule has 2 aromatic rings. The number of carbonyl (C=O) groups excluding carboxylic acids is 1. The van der Waals surface area contributed by atoms with Gasteiger partial charge in [0.1, 0.15) is 6.10 Å². The number of allylic oxidation sites excluding steroid dienone is 1. The maximum Gasteiger partial charge on any atom is 0.330 e. The highest BCUT2D eigenvalue weighted by Gasteiger charge is 2.24. The van der Waals surface area contributed by atoms with E-state index in [0.717, 1.165) is 50.6 Å². The number of unbranched alkanes of at least 4 members (excludes halogenated alkanes) is 5. The van der Waals surface area contributed by atoms with Crippen molar-refractivity contribution < 1.29 is 9.53 Å². The van der Waals surface area contributed by atoms with E-state index in [9.17, 15) is 4.79 Å². The minimum absolute atomic E-state index is 0.0633. The number of aromatic nitrogens is 1. The SMILES string of the molecule is CCCCC/C=C/C(=O)OC1CCC(c2ccc(-c3ccc(CCCCC)cn3)cc2)CC1. The van der Waals surface area contributed by atoms with Crippen LogP contribution in [0, 0.1) is 0 Å². The van der Waals surface area contributed by atoms with Gasteiger partial charge in [-0.1, -0.05) is 75.9 Å². The van der Waals surface area contributed by atoms with Crippen LogP contribution in [0.4, 0.5) is 0 Å². The Kier molecular flexibility index (Phi) is 10.7. The average molecular weight is 448 g/mol. The number of hydrogen-bond donors (Lipinski definition) is 0. The molecular weight excluding hydrogens is 406 g/mol. The number of aryl methyl sites for hydroxylation is 1. The fraction of sp³-hybridized carbons (Fsp3) is 0.533. The highest BCUT2D eigenvalue weighted by Crippen LogP contribution is 2.35. The van der Waals surface area contributed by atoms with E-state index in [4.69, 9.17) is 4.74 Å². The van der Waals surface area contributed by atoms with E-state index in [1.165, 1.54) is 48.8 Å². The lowest BCUT2D eigenvalue weighted by molar-refractivity contribution is -0.144. The largest absolute Gasteiger partial charge is 0.459 e. The van der Waals surface area contributed by atoms with Gasteiger partial charge in [-0.3, -0.25) is 4.98 Å². The Morgan fingerprint density at radius 3 is 2.33 bits per heavy atom. The van der Waals surface area contributed by atoms with Gasteiger partial charge in [-0.15, -0.1) is 0 Å². The zero-order valence-electron chi connectivity index (χ0n) is 20.6. The first-order valence-corrected chi connectivity index (χ1v) is 13.1. The Bertz CT molecular complexity index is 846. The van der Waals surface area contributed by atoms with E-state index in [-0.39, 0.29) is 12.1 Å². The van der Waals surface area contributed by atoms with E-state index >= 15 is 0 Å². The van der Waals surface area contributed by atoms with Gasteiger partial charge in [0.25, 0.3) is 0 Å². The quantitative estimate of drug-likeness (QED) is 0.187. The van der Waals surface area contributed by atoms with Crippen LogP contribution in [-0.4, -0.2) is 17.1 Å². The summed E-state index contributed by atoms with van der Waals surface area (Å²) < 4.78 is 5.67. The van der Waals surface area contributed by atoms with Crippen molar-refractivity contribution in [1.29, 1.82) is 0 Å². The summed E-state index contributed by atoms with van der Waals surface area (Å²) in [5.41, 5.74) is 4.93. The number of ether oxygens (including phenoxy) is 1. The summed E-state index contributed by atoms with van der Waals surface area (Å²) in [5, 5.41) is 0. The summed E-state index contributed by atoms with van der Waals surface area (Å²) in [6.45, 7) is 4.42. The predicted octanol–water partition coefficient (Wildman–Crippen LogP) is 8.19. The topological polar surface area (TPSA) is 39.2 Å². The van der Waals surface area contributed by atoms with Crippen LogP contribution >= 0.6 is 0 Å². The number of nitrogens with zero attached hydrogens (tertiary/aromatic N) is 1. The molecule has 33 heavy (non-hydrogen) atoms. The lowest BCUT2D eigenvalue weighted by atomic mass is 9.82. The maximum absolute atomic E-state index is 12.0. The van der Waals surface area contributed by atoms with Gasteiger partial charge in [-0.25, -0.2) is 4.79 Å². The molecule has 1 aliphatic rings. The molecule has 0 bridgehead atoms. The van der Waals surface area contributed by atoms with E-state index in [0.29, 0.717) is 5.92 Å². The van der Waals surface area contributed by atoms with Crippen molar-refractivity contribution in [3.8, 4) is 11.3 Å². The van der Waals surface area contributed by atoms with Gasteiger partial charge in [0.2, 0.25) is 0 Å². The Morgan fingerprint density at radius 1 is 0.939 bits per heavy atom. The van der Waals surface area contributed by atoms with Gasteiger partial charge < -0.3 is 4.74 Å². The summed E-state index contributed by atoms with van der Waals surface area (Å²) >= 11 is 0. The summed E-state index contributed by atoms with van der Waals surface area (Å²) in [5.74, 6) is 0.371. The fourth-order valence-corrected chi connectivity index (χ4v) is 4.66. The van der Waals surface area contributed by atoms with Gasteiger partial charge in [-0.05, 0) is 74.5 Å². The van der Waals surface area contributed by atoms with E-state index in [1.807, 2.05) is 12.3 Å². The van der Waals surface area contributed by atoms with Crippen molar-refractivity contribution in [3.05, 3.63) is 65.9 Å². The Morgan fingerprint density at radius 2 is 1.67 bits per heavy atom. The molecule has 1 heterocycles. The molecule has 3 rings (SSSR count). The van der Waals surface area contributed by atoms with E-state index in [1.54, 1.807) is 6.08 Å². The molecule has 0 radical (unpaired) electrons. The first kappa shape index (κ1) is 25.2.